The first kappa shape index (κ1) is 11.8. The van der Waals surface area contributed by atoms with Gasteiger partial charge in [-0.15, -0.1) is 10.2 Å². The van der Waals surface area contributed by atoms with Crippen LogP contribution in [-0.4, -0.2) is 47.7 Å². The van der Waals surface area contributed by atoms with E-state index in [1.807, 2.05) is 18.9 Å². The number of aromatic nitrogens is 2. The van der Waals surface area contributed by atoms with Crippen LogP contribution in [0.4, 0.5) is 5.13 Å². The SMILES string of the molecule is Cc1nnc(N(C)CC2(O)CCOCC2)s1. The summed E-state index contributed by atoms with van der Waals surface area (Å²) in [6, 6.07) is 0. The third-order valence-corrected chi connectivity index (χ3v) is 3.75. The van der Waals surface area contributed by atoms with E-state index in [9.17, 15) is 5.11 Å². The molecule has 6 heteroatoms. The molecule has 1 fully saturated rings. The molecule has 5 nitrogen and oxygen atoms in total. The number of likely N-dealkylation sites (N-methyl/N-ethyl adjacent to an activating group) is 1. The van der Waals surface area contributed by atoms with Gasteiger partial charge in [0.1, 0.15) is 5.01 Å². The van der Waals surface area contributed by atoms with Gasteiger partial charge >= 0.3 is 0 Å². The predicted molar refractivity (Wildman–Crippen MR) is 62.9 cm³/mol. The van der Waals surface area contributed by atoms with Crippen LogP contribution < -0.4 is 4.90 Å². The highest BCUT2D eigenvalue weighted by molar-refractivity contribution is 7.15. The predicted octanol–water partition coefficient (Wildman–Crippen LogP) is 0.824. The van der Waals surface area contributed by atoms with Crippen LogP contribution in [0.15, 0.2) is 0 Å². The van der Waals surface area contributed by atoms with Crippen LogP contribution in [0.25, 0.3) is 0 Å². The molecule has 16 heavy (non-hydrogen) atoms. The Balaban J connectivity index is 1.98. The normalized spacial score (nSPS) is 19.7. The van der Waals surface area contributed by atoms with Gasteiger partial charge in [-0.3, -0.25) is 0 Å². The summed E-state index contributed by atoms with van der Waals surface area (Å²) in [5, 5.41) is 20.2. The highest BCUT2D eigenvalue weighted by Crippen LogP contribution is 2.25. The number of nitrogens with zero attached hydrogens (tertiary/aromatic N) is 3. The molecule has 0 atom stereocenters. The number of anilines is 1. The van der Waals surface area contributed by atoms with Crippen molar-refractivity contribution in [3.05, 3.63) is 5.01 Å². The van der Waals surface area contributed by atoms with Crippen molar-refractivity contribution in [2.24, 2.45) is 0 Å². The summed E-state index contributed by atoms with van der Waals surface area (Å²) in [7, 11) is 1.94. The number of aliphatic hydroxyl groups is 1. The second-order valence-corrected chi connectivity index (χ2v) is 5.46. The lowest BCUT2D eigenvalue weighted by Crippen LogP contribution is -2.45. The van der Waals surface area contributed by atoms with Crippen molar-refractivity contribution in [1.82, 2.24) is 10.2 Å². The minimum Gasteiger partial charge on any atom is -0.388 e. The van der Waals surface area contributed by atoms with Crippen molar-refractivity contribution in [3.8, 4) is 0 Å². The summed E-state index contributed by atoms with van der Waals surface area (Å²) in [6.07, 6.45) is 1.38. The van der Waals surface area contributed by atoms with Crippen LogP contribution in [0.3, 0.4) is 0 Å². The van der Waals surface area contributed by atoms with Gasteiger partial charge in [-0.25, -0.2) is 0 Å². The lowest BCUT2D eigenvalue weighted by Gasteiger charge is -2.35. The standard InChI is InChI=1S/C10H17N3O2S/c1-8-11-12-9(16-8)13(2)7-10(14)3-5-15-6-4-10/h14H,3-7H2,1-2H3. The Morgan fingerprint density at radius 3 is 2.69 bits per heavy atom. The summed E-state index contributed by atoms with van der Waals surface area (Å²) in [6.45, 7) is 3.79. The van der Waals surface area contributed by atoms with Crippen molar-refractivity contribution >= 4 is 16.5 Å². The molecule has 0 amide bonds. The van der Waals surface area contributed by atoms with Crippen LogP contribution in [-0.2, 0) is 4.74 Å². The molecule has 1 saturated heterocycles. The molecule has 0 spiro atoms. The van der Waals surface area contributed by atoms with Gasteiger partial charge in [0, 0.05) is 39.6 Å². The van der Waals surface area contributed by atoms with Crippen molar-refractivity contribution in [1.29, 1.82) is 0 Å². The summed E-state index contributed by atoms with van der Waals surface area (Å²) in [5.74, 6) is 0. The maximum atomic E-state index is 10.3. The Bertz CT molecular complexity index is 350. The first-order valence-corrected chi connectivity index (χ1v) is 6.22. The molecule has 2 rings (SSSR count). The zero-order chi connectivity index (χ0) is 11.6. The molecule has 1 aromatic rings. The third kappa shape index (κ3) is 2.69. The Hall–Kier alpha value is -0.720. The Kier molecular flexibility index (Phi) is 3.41. The summed E-state index contributed by atoms with van der Waals surface area (Å²) >= 11 is 1.54. The van der Waals surface area contributed by atoms with E-state index in [0.717, 1.165) is 10.1 Å². The van der Waals surface area contributed by atoms with E-state index >= 15 is 0 Å². The summed E-state index contributed by atoms with van der Waals surface area (Å²) in [5.41, 5.74) is -0.646. The molecule has 0 aromatic carbocycles. The fourth-order valence-corrected chi connectivity index (χ4v) is 2.51. The minimum absolute atomic E-state index is 0.588. The second-order valence-electron chi connectivity index (χ2n) is 4.30. The van der Waals surface area contributed by atoms with Gasteiger partial charge in [0.2, 0.25) is 5.13 Å². The van der Waals surface area contributed by atoms with Crippen LogP contribution in [0, 0.1) is 6.92 Å². The average molecular weight is 243 g/mol. The van der Waals surface area contributed by atoms with E-state index in [4.69, 9.17) is 4.74 Å². The lowest BCUT2D eigenvalue weighted by atomic mass is 9.94. The van der Waals surface area contributed by atoms with Gasteiger partial charge < -0.3 is 14.7 Å². The summed E-state index contributed by atoms with van der Waals surface area (Å²) in [4.78, 5) is 1.97. The highest BCUT2D eigenvalue weighted by atomic mass is 32.1. The largest absolute Gasteiger partial charge is 0.388 e. The van der Waals surface area contributed by atoms with Crippen LogP contribution >= 0.6 is 11.3 Å². The maximum Gasteiger partial charge on any atom is 0.208 e. The molecule has 1 aliphatic heterocycles. The molecule has 0 saturated carbocycles. The Labute approximate surface area is 99.1 Å². The van der Waals surface area contributed by atoms with E-state index in [-0.39, 0.29) is 0 Å². The van der Waals surface area contributed by atoms with Gasteiger partial charge in [-0.1, -0.05) is 11.3 Å². The van der Waals surface area contributed by atoms with Gasteiger partial charge in [-0.05, 0) is 6.92 Å². The number of rotatable bonds is 3. The highest BCUT2D eigenvalue weighted by Gasteiger charge is 2.31. The maximum absolute atomic E-state index is 10.3. The fourth-order valence-electron chi connectivity index (χ4n) is 1.86. The number of hydrogen-bond acceptors (Lipinski definition) is 6. The van der Waals surface area contributed by atoms with E-state index in [0.29, 0.717) is 32.6 Å². The van der Waals surface area contributed by atoms with Gasteiger partial charge in [-0.2, -0.15) is 0 Å². The Morgan fingerprint density at radius 1 is 1.44 bits per heavy atom. The number of ether oxygens (including phenoxy) is 1. The van der Waals surface area contributed by atoms with E-state index < -0.39 is 5.60 Å². The van der Waals surface area contributed by atoms with Crippen molar-refractivity contribution in [2.75, 3.05) is 31.7 Å². The monoisotopic (exact) mass is 243 g/mol. The smallest absolute Gasteiger partial charge is 0.208 e. The topological polar surface area (TPSA) is 58.5 Å². The molecule has 0 unspecified atom stereocenters. The quantitative estimate of drug-likeness (QED) is 0.852. The molecule has 1 aromatic heterocycles. The van der Waals surface area contributed by atoms with Crippen molar-refractivity contribution in [3.63, 3.8) is 0 Å². The molecule has 0 aliphatic carbocycles. The average Bonchev–Trinajstić information content (AvgIpc) is 2.65. The molecular weight excluding hydrogens is 226 g/mol. The van der Waals surface area contributed by atoms with Gasteiger partial charge in [0.05, 0.1) is 5.60 Å². The van der Waals surface area contributed by atoms with Gasteiger partial charge in [0.25, 0.3) is 0 Å². The van der Waals surface area contributed by atoms with E-state index in [1.165, 1.54) is 0 Å². The zero-order valence-electron chi connectivity index (χ0n) is 9.64. The van der Waals surface area contributed by atoms with Crippen molar-refractivity contribution in [2.45, 2.75) is 25.4 Å². The molecule has 90 valence electrons. The number of hydrogen-bond donors (Lipinski definition) is 1. The molecular formula is C10H17N3O2S. The third-order valence-electron chi connectivity index (χ3n) is 2.80. The fraction of sp³-hybridized carbons (Fsp3) is 0.800. The molecule has 0 radical (unpaired) electrons. The van der Waals surface area contributed by atoms with Crippen molar-refractivity contribution < 1.29 is 9.84 Å². The molecule has 1 aliphatic rings. The zero-order valence-corrected chi connectivity index (χ0v) is 10.5. The molecule has 2 heterocycles. The van der Waals surface area contributed by atoms with Crippen LogP contribution in [0.2, 0.25) is 0 Å². The van der Waals surface area contributed by atoms with Crippen LogP contribution in [0.5, 0.6) is 0 Å². The second kappa shape index (κ2) is 4.65. The summed E-state index contributed by atoms with van der Waals surface area (Å²) < 4.78 is 5.25. The van der Waals surface area contributed by atoms with Crippen LogP contribution in [0.1, 0.15) is 17.8 Å². The number of aryl methyl sites for hydroxylation is 1. The first-order valence-electron chi connectivity index (χ1n) is 5.40. The minimum atomic E-state index is -0.646. The van der Waals surface area contributed by atoms with Gasteiger partial charge in [0.15, 0.2) is 0 Å². The van der Waals surface area contributed by atoms with E-state index in [2.05, 4.69) is 10.2 Å². The lowest BCUT2D eigenvalue weighted by molar-refractivity contribution is -0.0572. The Morgan fingerprint density at radius 2 is 2.12 bits per heavy atom. The first-order chi connectivity index (χ1) is 7.59. The molecule has 0 bridgehead atoms. The molecule has 1 N–H and O–H groups in total. The van der Waals surface area contributed by atoms with E-state index in [1.54, 1.807) is 11.3 Å².